The Morgan fingerprint density at radius 2 is 1.48 bits per heavy atom. The van der Waals surface area contributed by atoms with Gasteiger partial charge in [0.1, 0.15) is 6.04 Å². The maximum Gasteiger partial charge on any atom is 0.322 e. The molecule has 4 N–H and O–H groups in total. The van der Waals surface area contributed by atoms with Gasteiger partial charge in [-0.25, -0.2) is 9.59 Å². The number of para-hydroxylation sites is 1. The minimum absolute atomic E-state index is 0.0241. The summed E-state index contributed by atoms with van der Waals surface area (Å²) >= 11 is 7.03. The van der Waals surface area contributed by atoms with Crippen LogP contribution in [0.15, 0.2) is 45.3 Å². The third kappa shape index (κ3) is 7.76. The quantitative estimate of drug-likeness (QED) is 0.378. The number of likely N-dealkylation sites (tertiary alicyclic amines) is 2. The van der Waals surface area contributed by atoms with E-state index < -0.39 is 6.04 Å². The summed E-state index contributed by atoms with van der Waals surface area (Å²) in [6.07, 6.45) is 3.35. The molecule has 3 fully saturated rings. The summed E-state index contributed by atoms with van der Waals surface area (Å²) in [4.78, 5) is 62.3. The second kappa shape index (κ2) is 15.0. The van der Waals surface area contributed by atoms with Gasteiger partial charge in [-0.2, -0.15) is 0 Å². The summed E-state index contributed by atoms with van der Waals surface area (Å²) in [6.45, 7) is 7.57. The number of amides is 6. The second-order valence-corrected chi connectivity index (χ2v) is 14.9. The van der Waals surface area contributed by atoms with Gasteiger partial charge < -0.3 is 36.0 Å². The number of nitrogen functional groups attached to an aromatic ring is 1. The Hall–Kier alpha value is -3.36. The van der Waals surface area contributed by atoms with Crippen LogP contribution in [-0.2, 0) is 22.6 Å². The molecule has 48 heavy (non-hydrogen) atoms. The minimum atomic E-state index is -0.752. The average Bonchev–Trinajstić information content (AvgIpc) is 3.10. The molecule has 3 saturated heterocycles. The molecule has 4 aliphatic rings. The van der Waals surface area contributed by atoms with Crippen LogP contribution in [0.5, 0.6) is 0 Å². The lowest BCUT2D eigenvalue weighted by molar-refractivity contribution is -0.136. The molecule has 2 aromatic rings. The fourth-order valence-electron chi connectivity index (χ4n) is 7.40. The van der Waals surface area contributed by atoms with E-state index in [1.807, 2.05) is 51.1 Å². The number of piperidine rings is 2. The fourth-order valence-corrected chi connectivity index (χ4v) is 8.68. The first-order chi connectivity index (χ1) is 23.1. The molecule has 0 radical (unpaired) electrons. The van der Waals surface area contributed by atoms with Crippen LogP contribution in [0.4, 0.5) is 21.0 Å². The summed E-state index contributed by atoms with van der Waals surface area (Å²) in [5.74, 6) is 0.0269. The zero-order chi connectivity index (χ0) is 33.9. The highest BCUT2D eigenvalue weighted by atomic mass is 79.9. The molecule has 4 aliphatic heterocycles. The molecule has 4 heterocycles. The number of nitrogens with two attached hydrogens (primary N) is 1. The predicted molar refractivity (Wildman–Crippen MR) is 191 cm³/mol. The summed E-state index contributed by atoms with van der Waals surface area (Å²) in [6, 6.07) is 10.9. The molecule has 0 aliphatic carbocycles. The molecule has 0 spiro atoms. The third-order valence-electron chi connectivity index (χ3n) is 10.3. The number of carbonyl (C=O) groups excluding carboxylic acids is 4. The van der Waals surface area contributed by atoms with E-state index in [4.69, 9.17) is 5.73 Å². The van der Waals surface area contributed by atoms with Gasteiger partial charge in [-0.05, 0) is 86.9 Å². The number of halogens is 2. The van der Waals surface area contributed by atoms with E-state index in [1.54, 1.807) is 11.8 Å². The first-order valence-corrected chi connectivity index (χ1v) is 18.4. The van der Waals surface area contributed by atoms with E-state index in [-0.39, 0.29) is 29.9 Å². The molecular formula is C34H44Br2N8O4. The fraction of sp³-hybridized carbons (Fsp3) is 0.529. The Kier molecular flexibility index (Phi) is 10.8. The van der Waals surface area contributed by atoms with Crippen molar-refractivity contribution in [1.29, 1.82) is 0 Å². The topological polar surface area (TPSA) is 135 Å². The molecule has 1 atom stereocenters. The number of benzene rings is 2. The lowest BCUT2D eigenvalue weighted by atomic mass is 9.99. The van der Waals surface area contributed by atoms with Crippen LogP contribution in [0, 0.1) is 0 Å². The van der Waals surface area contributed by atoms with E-state index in [2.05, 4.69) is 47.4 Å². The van der Waals surface area contributed by atoms with E-state index >= 15 is 0 Å². The number of nitrogens with one attached hydrogen (secondary N) is 2. The standard InChI is InChI=1S/C34H44Br2N8O4/c1-22(45)40-14-16-41(17-15-40)25-6-10-42(11-7-25)32(46)30(20-23-18-27(35)31(37)28(36)19-23)39-33(47)43-12-8-26(9-13-43)44-21-24-4-2-3-5-29(24)38-34(44)48/h2-5,18-19,25-26,30H,6-17,20-21,37H2,1H3,(H,38,48)(H,39,47)/t30-/m1/s1. The smallest absolute Gasteiger partial charge is 0.322 e. The molecule has 12 nitrogen and oxygen atoms in total. The van der Waals surface area contributed by atoms with E-state index in [0.717, 1.165) is 64.8 Å². The number of rotatable bonds is 6. The summed E-state index contributed by atoms with van der Waals surface area (Å²) < 4.78 is 1.45. The van der Waals surface area contributed by atoms with Crippen molar-refractivity contribution in [3.8, 4) is 0 Å². The van der Waals surface area contributed by atoms with Gasteiger partial charge in [0.2, 0.25) is 11.8 Å². The highest BCUT2D eigenvalue weighted by Crippen LogP contribution is 2.31. The number of hydrogen-bond donors (Lipinski definition) is 3. The molecule has 0 bridgehead atoms. The van der Waals surface area contributed by atoms with Crippen LogP contribution < -0.4 is 16.4 Å². The minimum Gasteiger partial charge on any atom is -0.397 e. The van der Waals surface area contributed by atoms with Crippen LogP contribution in [-0.4, -0.2) is 119 Å². The van der Waals surface area contributed by atoms with Gasteiger partial charge in [0.25, 0.3) is 0 Å². The number of anilines is 2. The largest absolute Gasteiger partial charge is 0.397 e. The van der Waals surface area contributed by atoms with Gasteiger partial charge in [-0.3, -0.25) is 14.5 Å². The van der Waals surface area contributed by atoms with Crippen molar-refractivity contribution in [2.45, 2.75) is 63.7 Å². The van der Waals surface area contributed by atoms with Crippen LogP contribution in [0.25, 0.3) is 0 Å². The maximum absolute atomic E-state index is 14.1. The third-order valence-corrected chi connectivity index (χ3v) is 11.6. The average molecular weight is 789 g/mol. The number of urea groups is 2. The van der Waals surface area contributed by atoms with Crippen molar-refractivity contribution in [3.05, 3.63) is 56.5 Å². The highest BCUT2D eigenvalue weighted by Gasteiger charge is 2.36. The van der Waals surface area contributed by atoms with E-state index in [0.29, 0.717) is 63.7 Å². The Labute approximate surface area is 298 Å². The number of piperazine rings is 1. The number of hydrogen-bond acceptors (Lipinski definition) is 6. The van der Waals surface area contributed by atoms with E-state index in [1.165, 1.54) is 0 Å². The first kappa shape index (κ1) is 34.5. The van der Waals surface area contributed by atoms with Crippen LogP contribution >= 0.6 is 31.9 Å². The molecule has 14 heteroatoms. The summed E-state index contributed by atoms with van der Waals surface area (Å²) in [5.41, 5.74) is 9.51. The molecule has 2 aromatic carbocycles. The molecule has 0 unspecified atom stereocenters. The molecule has 0 aromatic heterocycles. The Morgan fingerprint density at radius 1 is 0.875 bits per heavy atom. The zero-order valence-corrected chi connectivity index (χ0v) is 30.5. The number of nitrogens with zero attached hydrogens (tertiary/aromatic N) is 5. The zero-order valence-electron chi connectivity index (χ0n) is 27.3. The van der Waals surface area contributed by atoms with Gasteiger partial charge in [0.15, 0.2) is 0 Å². The molecule has 258 valence electrons. The Morgan fingerprint density at radius 3 is 2.12 bits per heavy atom. The van der Waals surface area contributed by atoms with Gasteiger partial charge in [0, 0.05) is 99.0 Å². The second-order valence-electron chi connectivity index (χ2n) is 13.2. The van der Waals surface area contributed by atoms with Gasteiger partial charge >= 0.3 is 12.1 Å². The Bertz CT molecular complexity index is 1510. The van der Waals surface area contributed by atoms with Crippen LogP contribution in [0.2, 0.25) is 0 Å². The van der Waals surface area contributed by atoms with Crippen molar-refractivity contribution >= 4 is 67.1 Å². The van der Waals surface area contributed by atoms with Crippen molar-refractivity contribution in [1.82, 2.24) is 29.8 Å². The lowest BCUT2D eigenvalue weighted by Crippen LogP contribution is -2.58. The summed E-state index contributed by atoms with van der Waals surface area (Å²) in [5, 5.41) is 6.08. The van der Waals surface area contributed by atoms with Crippen LogP contribution in [0.1, 0.15) is 43.7 Å². The molecule has 6 amide bonds. The number of carbonyl (C=O) groups is 4. The molecular weight excluding hydrogens is 744 g/mol. The predicted octanol–water partition coefficient (Wildman–Crippen LogP) is 4.08. The normalized spacial score (nSPS) is 20.3. The van der Waals surface area contributed by atoms with Crippen molar-refractivity contribution in [2.75, 3.05) is 63.4 Å². The SMILES string of the molecule is CC(=O)N1CCN(C2CCN(C(=O)[C@@H](Cc3cc(Br)c(N)c(Br)c3)NC(=O)N3CCC(N4Cc5ccccc5NC4=O)CC3)CC2)CC1. The van der Waals surface area contributed by atoms with Gasteiger partial charge in [0.05, 0.1) is 5.69 Å². The van der Waals surface area contributed by atoms with Crippen molar-refractivity contribution < 1.29 is 19.2 Å². The van der Waals surface area contributed by atoms with Gasteiger partial charge in [-0.15, -0.1) is 0 Å². The number of fused-ring (bicyclic) bond motifs is 1. The summed E-state index contributed by atoms with van der Waals surface area (Å²) in [7, 11) is 0. The first-order valence-electron chi connectivity index (χ1n) is 16.8. The molecule has 6 rings (SSSR count). The van der Waals surface area contributed by atoms with Crippen molar-refractivity contribution in [2.24, 2.45) is 0 Å². The van der Waals surface area contributed by atoms with E-state index in [9.17, 15) is 19.2 Å². The van der Waals surface area contributed by atoms with Gasteiger partial charge in [-0.1, -0.05) is 18.2 Å². The van der Waals surface area contributed by atoms with Crippen molar-refractivity contribution in [3.63, 3.8) is 0 Å². The highest BCUT2D eigenvalue weighted by molar-refractivity contribution is 9.11. The monoisotopic (exact) mass is 786 g/mol. The molecule has 0 saturated carbocycles. The van der Waals surface area contributed by atoms with Crippen LogP contribution in [0.3, 0.4) is 0 Å². The Balaban J connectivity index is 1.08. The lowest BCUT2D eigenvalue weighted by Gasteiger charge is -2.43. The maximum atomic E-state index is 14.1.